The van der Waals surface area contributed by atoms with Crippen molar-refractivity contribution >= 4 is 40.4 Å². The average molecular weight is 533 g/mol. The molecule has 2 fully saturated rings. The number of hydrogen-bond acceptors (Lipinski definition) is 0. The van der Waals surface area contributed by atoms with Gasteiger partial charge in [0.1, 0.15) is 0 Å². The summed E-state index contributed by atoms with van der Waals surface area (Å²) in [4.78, 5) is 0. The maximum atomic E-state index is 2.81. The van der Waals surface area contributed by atoms with Crippen molar-refractivity contribution in [2.75, 3.05) is 0 Å². The number of benzene rings is 1. The standard InChI is InChI=1S/C28H56Si5/c1-22-18-23(2)26(24(3)19-22)25-20-33(21-25)27(29(4,5)6,30(7,8)9)16-17-28(33,31(10,11)12)32(13,14)15/h18-19,25H,16-17,20-21H2,1-15H3. The summed E-state index contributed by atoms with van der Waals surface area (Å²) < 4.78 is 1.58. The summed E-state index contributed by atoms with van der Waals surface area (Å²) in [6, 6.07) is 8.19. The average Bonchev–Trinajstić information content (AvgIpc) is 2.86. The summed E-state index contributed by atoms with van der Waals surface area (Å²) in [6.07, 6.45) is 3.22. The number of aryl methyl sites for hydroxylation is 3. The van der Waals surface area contributed by atoms with Gasteiger partial charge in [0.2, 0.25) is 0 Å². The highest BCUT2D eigenvalue weighted by Gasteiger charge is 2.82. The Hall–Kier alpha value is 0.304. The van der Waals surface area contributed by atoms with Gasteiger partial charge in [0.25, 0.3) is 0 Å². The van der Waals surface area contributed by atoms with Crippen molar-refractivity contribution in [3.8, 4) is 0 Å². The molecule has 1 aromatic carbocycles. The molecule has 0 amide bonds. The predicted molar refractivity (Wildman–Crippen MR) is 167 cm³/mol. The molecule has 0 nitrogen and oxygen atoms in total. The number of hydrogen-bond donors (Lipinski definition) is 0. The highest BCUT2D eigenvalue weighted by molar-refractivity contribution is 7.27. The molecule has 2 saturated heterocycles. The van der Waals surface area contributed by atoms with E-state index in [1.807, 2.05) is 0 Å². The van der Waals surface area contributed by atoms with Gasteiger partial charge in [0, 0.05) is 32.3 Å². The lowest BCUT2D eigenvalue weighted by Gasteiger charge is -2.73. The minimum absolute atomic E-state index is 0.788. The van der Waals surface area contributed by atoms with E-state index >= 15 is 0 Å². The Morgan fingerprint density at radius 2 is 0.909 bits per heavy atom. The zero-order chi connectivity index (χ0) is 25.6. The van der Waals surface area contributed by atoms with Gasteiger partial charge >= 0.3 is 0 Å². The molecular weight excluding hydrogens is 477 g/mol. The molecule has 3 rings (SSSR count). The van der Waals surface area contributed by atoms with E-state index in [0.29, 0.717) is 0 Å². The lowest BCUT2D eigenvalue weighted by atomic mass is 9.91. The van der Waals surface area contributed by atoms with Crippen LogP contribution in [0.2, 0.25) is 99.2 Å². The Balaban J connectivity index is 2.33. The molecule has 33 heavy (non-hydrogen) atoms. The molecule has 0 N–H and O–H groups in total. The van der Waals surface area contributed by atoms with Crippen molar-refractivity contribution in [1.29, 1.82) is 0 Å². The Labute approximate surface area is 212 Å². The molecule has 0 saturated carbocycles. The first-order valence-corrected chi connectivity index (χ1v) is 30.1. The van der Waals surface area contributed by atoms with Crippen molar-refractivity contribution in [2.45, 2.75) is 139 Å². The van der Waals surface area contributed by atoms with E-state index in [4.69, 9.17) is 0 Å². The van der Waals surface area contributed by atoms with E-state index in [-0.39, 0.29) is 0 Å². The van der Waals surface area contributed by atoms with Crippen LogP contribution in [0.25, 0.3) is 0 Å². The molecule has 0 atom stereocenters. The van der Waals surface area contributed by atoms with Crippen LogP contribution in [0.5, 0.6) is 0 Å². The maximum Gasteiger partial charge on any atom is 0.0566 e. The predicted octanol–water partition coefficient (Wildman–Crippen LogP) is 9.94. The van der Waals surface area contributed by atoms with Crippen LogP contribution in [-0.2, 0) is 0 Å². The first-order chi connectivity index (χ1) is 14.6. The molecule has 188 valence electrons. The van der Waals surface area contributed by atoms with Gasteiger partial charge in [-0.25, -0.2) is 0 Å². The van der Waals surface area contributed by atoms with Crippen LogP contribution in [-0.4, -0.2) is 40.4 Å². The van der Waals surface area contributed by atoms with Crippen molar-refractivity contribution < 1.29 is 0 Å². The fraction of sp³-hybridized carbons (Fsp3) is 0.786. The van der Waals surface area contributed by atoms with Gasteiger partial charge in [-0.1, -0.05) is 121 Å². The van der Waals surface area contributed by atoms with E-state index in [9.17, 15) is 0 Å². The van der Waals surface area contributed by atoms with Crippen molar-refractivity contribution in [1.82, 2.24) is 0 Å². The summed E-state index contributed by atoms with van der Waals surface area (Å²) in [7, 11) is -6.98. The monoisotopic (exact) mass is 532 g/mol. The van der Waals surface area contributed by atoms with Crippen LogP contribution >= 0.6 is 0 Å². The van der Waals surface area contributed by atoms with Gasteiger partial charge in [-0.05, 0) is 51.9 Å². The zero-order valence-electron chi connectivity index (χ0n) is 25.1. The van der Waals surface area contributed by atoms with Gasteiger partial charge < -0.3 is 0 Å². The van der Waals surface area contributed by atoms with Crippen LogP contribution in [0.3, 0.4) is 0 Å². The molecular formula is C28H56Si5. The van der Waals surface area contributed by atoms with Crippen molar-refractivity contribution in [2.24, 2.45) is 0 Å². The topological polar surface area (TPSA) is 0 Å². The lowest BCUT2D eigenvalue weighted by Crippen LogP contribution is -2.79. The Kier molecular flexibility index (Phi) is 6.68. The summed E-state index contributed by atoms with van der Waals surface area (Å²) in [5, 5.41) is 0. The van der Waals surface area contributed by atoms with E-state index in [2.05, 4.69) is 111 Å². The SMILES string of the molecule is Cc1cc(C)c(C2C[Si]3(C2)C([Si](C)(C)C)([Si](C)(C)C)CCC3([Si](C)(C)C)[Si](C)(C)C)c(C)c1. The maximum absolute atomic E-state index is 2.81. The summed E-state index contributed by atoms with van der Waals surface area (Å²) in [6.45, 7) is 40.8. The molecule has 0 aliphatic carbocycles. The van der Waals surface area contributed by atoms with Gasteiger partial charge in [-0.3, -0.25) is 0 Å². The minimum Gasteiger partial charge on any atom is -0.0696 e. The fourth-order valence-corrected chi connectivity index (χ4v) is 67.6. The van der Waals surface area contributed by atoms with E-state index in [1.54, 1.807) is 41.6 Å². The number of rotatable bonds is 5. The second kappa shape index (κ2) is 7.90. The molecule has 2 heterocycles. The van der Waals surface area contributed by atoms with Gasteiger partial charge in [0.05, 0.1) is 8.07 Å². The quantitative estimate of drug-likeness (QED) is 0.331. The second-order valence-corrected chi connectivity index (χ2v) is 45.4. The normalized spacial score (nSPS) is 23.1. The van der Waals surface area contributed by atoms with Crippen molar-refractivity contribution in [3.05, 3.63) is 34.4 Å². The van der Waals surface area contributed by atoms with E-state index < -0.39 is 40.4 Å². The fourth-order valence-electron chi connectivity index (χ4n) is 11.4. The van der Waals surface area contributed by atoms with Crippen LogP contribution < -0.4 is 0 Å². The first-order valence-electron chi connectivity index (χ1n) is 13.7. The highest BCUT2D eigenvalue weighted by atomic mass is 28.5. The second-order valence-electron chi connectivity index (χ2n) is 16.3. The molecule has 0 bridgehead atoms. The molecule has 2 aliphatic heterocycles. The minimum atomic E-state index is -1.54. The molecule has 1 spiro atoms. The van der Waals surface area contributed by atoms with Gasteiger partial charge in [0.15, 0.2) is 0 Å². The summed E-state index contributed by atoms with van der Waals surface area (Å²) in [5.74, 6) is 0.842. The summed E-state index contributed by atoms with van der Waals surface area (Å²) >= 11 is 0. The van der Waals surface area contributed by atoms with Gasteiger partial charge in [-0.15, -0.1) is 0 Å². The van der Waals surface area contributed by atoms with Crippen LogP contribution in [0, 0.1) is 20.8 Å². The van der Waals surface area contributed by atoms with Gasteiger partial charge in [-0.2, -0.15) is 0 Å². The van der Waals surface area contributed by atoms with E-state index in [1.165, 1.54) is 5.56 Å². The Morgan fingerprint density at radius 1 is 0.606 bits per heavy atom. The van der Waals surface area contributed by atoms with E-state index in [0.717, 1.165) is 14.5 Å². The Bertz CT molecular complexity index is 819. The lowest BCUT2D eigenvalue weighted by molar-refractivity contribution is 0.684. The summed E-state index contributed by atoms with van der Waals surface area (Å²) in [5.41, 5.74) is 6.36. The largest absolute Gasteiger partial charge is 0.0696 e. The smallest absolute Gasteiger partial charge is 0.0566 e. The highest BCUT2D eigenvalue weighted by Crippen LogP contribution is 2.82. The molecule has 0 radical (unpaired) electrons. The van der Waals surface area contributed by atoms with Crippen LogP contribution in [0.1, 0.15) is 41.0 Å². The van der Waals surface area contributed by atoms with Crippen LogP contribution in [0.4, 0.5) is 0 Å². The molecule has 1 aromatic rings. The molecule has 0 unspecified atom stereocenters. The molecule has 2 aliphatic rings. The third kappa shape index (κ3) is 3.56. The van der Waals surface area contributed by atoms with Crippen molar-refractivity contribution in [3.63, 3.8) is 0 Å². The van der Waals surface area contributed by atoms with Crippen LogP contribution in [0.15, 0.2) is 12.1 Å². The molecule has 0 aromatic heterocycles. The third-order valence-corrected chi connectivity index (χ3v) is 52.1. The Morgan fingerprint density at radius 3 is 1.18 bits per heavy atom. The zero-order valence-corrected chi connectivity index (χ0v) is 30.1. The third-order valence-electron chi connectivity index (χ3n) is 11.0. The first kappa shape index (κ1) is 27.9. The molecule has 5 heteroatoms.